The van der Waals surface area contributed by atoms with Crippen LogP contribution in [0.2, 0.25) is 5.02 Å². The van der Waals surface area contributed by atoms with E-state index in [-0.39, 0.29) is 0 Å². The third-order valence-electron chi connectivity index (χ3n) is 3.66. The van der Waals surface area contributed by atoms with Gasteiger partial charge in [0.05, 0.1) is 18.3 Å². The van der Waals surface area contributed by atoms with E-state index >= 15 is 0 Å². The summed E-state index contributed by atoms with van der Waals surface area (Å²) in [5.41, 5.74) is 0.738. The maximum absolute atomic E-state index is 6.21. The summed E-state index contributed by atoms with van der Waals surface area (Å²) in [5.74, 6) is 1.99. The minimum Gasteiger partial charge on any atom is -0.481 e. The average Bonchev–Trinajstić information content (AvgIpc) is 2.90. The fourth-order valence-corrected chi connectivity index (χ4v) is 2.75. The van der Waals surface area contributed by atoms with Gasteiger partial charge in [-0.2, -0.15) is 4.98 Å². The molecule has 0 unspecified atom stereocenters. The molecule has 1 fully saturated rings. The number of pyridine rings is 1. The van der Waals surface area contributed by atoms with Crippen molar-refractivity contribution in [3.05, 3.63) is 17.3 Å². The molecule has 0 aromatic carbocycles. The lowest BCUT2D eigenvalue weighted by molar-refractivity contribution is 0.398. The van der Waals surface area contributed by atoms with Crippen molar-refractivity contribution in [3.8, 4) is 17.3 Å². The molecule has 21 heavy (non-hydrogen) atoms. The molecule has 0 spiro atoms. The summed E-state index contributed by atoms with van der Waals surface area (Å²) < 4.78 is 6.95. The first-order chi connectivity index (χ1) is 10.2. The third-order valence-corrected chi connectivity index (χ3v) is 3.96. The maximum Gasteiger partial charge on any atom is 0.224 e. The van der Waals surface area contributed by atoms with E-state index in [1.54, 1.807) is 19.4 Å². The third kappa shape index (κ3) is 2.81. The van der Waals surface area contributed by atoms with Crippen LogP contribution in [0.1, 0.15) is 19.3 Å². The lowest BCUT2D eigenvalue weighted by atomic mass is 10.1. The highest BCUT2D eigenvalue weighted by Gasteiger charge is 2.19. The van der Waals surface area contributed by atoms with Crippen molar-refractivity contribution in [1.29, 1.82) is 0 Å². The van der Waals surface area contributed by atoms with Crippen LogP contribution in [0, 0.1) is 0 Å². The standard InChI is InChI=1S/C14H18ClN5O/c1-19-14(20-6-4-3-5-7-20)17-13(18-19)10-8-12(21-2)16-9-11(10)15/h8-9H,3-7H2,1-2H3. The van der Waals surface area contributed by atoms with Crippen LogP contribution >= 0.6 is 11.6 Å². The first kappa shape index (κ1) is 14.1. The van der Waals surface area contributed by atoms with Gasteiger partial charge in [-0.15, -0.1) is 5.10 Å². The molecule has 2 aromatic rings. The molecule has 2 aromatic heterocycles. The summed E-state index contributed by atoms with van der Waals surface area (Å²) in [6, 6.07) is 1.76. The zero-order chi connectivity index (χ0) is 14.8. The molecule has 6 nitrogen and oxygen atoms in total. The lowest BCUT2D eigenvalue weighted by Crippen LogP contribution is -2.31. The molecule has 1 aliphatic heterocycles. The van der Waals surface area contributed by atoms with Gasteiger partial charge >= 0.3 is 0 Å². The van der Waals surface area contributed by atoms with Gasteiger partial charge in [0.25, 0.3) is 0 Å². The minimum atomic E-state index is 0.501. The van der Waals surface area contributed by atoms with Crippen LogP contribution in [0.3, 0.4) is 0 Å². The van der Waals surface area contributed by atoms with Gasteiger partial charge in [-0.1, -0.05) is 11.6 Å². The van der Waals surface area contributed by atoms with Gasteiger partial charge in [-0.05, 0) is 19.3 Å². The molecule has 0 amide bonds. The summed E-state index contributed by atoms with van der Waals surface area (Å²) in [7, 11) is 3.48. The van der Waals surface area contributed by atoms with Crippen molar-refractivity contribution in [1.82, 2.24) is 19.7 Å². The molecule has 0 atom stereocenters. The number of aryl methyl sites for hydroxylation is 1. The van der Waals surface area contributed by atoms with Crippen molar-refractivity contribution in [2.24, 2.45) is 7.05 Å². The van der Waals surface area contributed by atoms with Gasteiger partial charge in [-0.3, -0.25) is 0 Å². The number of rotatable bonds is 3. The van der Waals surface area contributed by atoms with E-state index in [4.69, 9.17) is 16.3 Å². The van der Waals surface area contributed by atoms with Crippen LogP contribution in [-0.2, 0) is 7.05 Å². The number of aromatic nitrogens is 4. The molecule has 0 saturated carbocycles. The molecule has 7 heteroatoms. The number of ether oxygens (including phenoxy) is 1. The molecule has 1 saturated heterocycles. The van der Waals surface area contributed by atoms with Crippen LogP contribution in [0.4, 0.5) is 5.95 Å². The molecule has 1 aliphatic rings. The van der Waals surface area contributed by atoms with Crippen molar-refractivity contribution < 1.29 is 4.74 Å². The molecule has 0 bridgehead atoms. The number of piperidine rings is 1. The van der Waals surface area contributed by atoms with Crippen LogP contribution in [0.15, 0.2) is 12.3 Å². The molecule has 0 N–H and O–H groups in total. The zero-order valence-electron chi connectivity index (χ0n) is 12.2. The number of hydrogen-bond donors (Lipinski definition) is 0. The minimum absolute atomic E-state index is 0.501. The Kier molecular flexibility index (Phi) is 3.96. The van der Waals surface area contributed by atoms with E-state index in [2.05, 4.69) is 20.0 Å². The van der Waals surface area contributed by atoms with Gasteiger partial charge in [-0.25, -0.2) is 9.67 Å². The van der Waals surface area contributed by atoms with Gasteiger partial charge in [0.1, 0.15) is 0 Å². The fourth-order valence-electron chi connectivity index (χ4n) is 2.56. The summed E-state index contributed by atoms with van der Waals surface area (Å²) in [6.07, 6.45) is 5.25. The first-order valence-electron chi connectivity index (χ1n) is 7.05. The smallest absolute Gasteiger partial charge is 0.224 e. The number of anilines is 1. The van der Waals surface area contributed by atoms with Crippen molar-refractivity contribution in [3.63, 3.8) is 0 Å². The van der Waals surface area contributed by atoms with E-state index < -0.39 is 0 Å². The molecule has 0 aliphatic carbocycles. The fraction of sp³-hybridized carbons (Fsp3) is 0.500. The van der Waals surface area contributed by atoms with Crippen molar-refractivity contribution in [2.45, 2.75) is 19.3 Å². The number of nitrogens with zero attached hydrogens (tertiary/aromatic N) is 5. The highest BCUT2D eigenvalue weighted by atomic mass is 35.5. The number of halogens is 1. The molecule has 112 valence electrons. The number of hydrogen-bond acceptors (Lipinski definition) is 5. The second kappa shape index (κ2) is 5.89. The second-order valence-electron chi connectivity index (χ2n) is 5.11. The summed E-state index contributed by atoms with van der Waals surface area (Å²) in [6.45, 7) is 2.05. The maximum atomic E-state index is 6.21. The van der Waals surface area contributed by atoms with Gasteiger partial charge < -0.3 is 9.64 Å². The van der Waals surface area contributed by atoms with E-state index in [1.165, 1.54) is 19.3 Å². The Balaban J connectivity index is 1.96. The normalized spacial score (nSPS) is 15.3. The summed E-state index contributed by atoms with van der Waals surface area (Å²) in [4.78, 5) is 11.0. The van der Waals surface area contributed by atoms with E-state index in [1.807, 2.05) is 11.7 Å². The van der Waals surface area contributed by atoms with Crippen LogP contribution in [-0.4, -0.2) is 39.9 Å². The van der Waals surface area contributed by atoms with Crippen LogP contribution in [0.25, 0.3) is 11.4 Å². The highest BCUT2D eigenvalue weighted by molar-refractivity contribution is 6.33. The van der Waals surface area contributed by atoms with Crippen LogP contribution in [0.5, 0.6) is 5.88 Å². The Morgan fingerprint density at radius 3 is 2.71 bits per heavy atom. The molecular weight excluding hydrogens is 290 g/mol. The predicted octanol–water partition coefficient (Wildman–Crippen LogP) is 2.53. The number of methoxy groups -OCH3 is 1. The highest BCUT2D eigenvalue weighted by Crippen LogP contribution is 2.29. The summed E-state index contributed by atoms with van der Waals surface area (Å²) in [5, 5.41) is 5.01. The van der Waals surface area contributed by atoms with Gasteiger partial charge in [0.15, 0.2) is 5.82 Å². The molecule has 0 radical (unpaired) electrons. The summed E-state index contributed by atoms with van der Waals surface area (Å²) >= 11 is 6.21. The van der Waals surface area contributed by atoms with E-state index in [0.29, 0.717) is 16.7 Å². The molecule has 3 rings (SSSR count). The van der Waals surface area contributed by atoms with E-state index in [0.717, 1.165) is 24.6 Å². The zero-order valence-corrected chi connectivity index (χ0v) is 13.0. The van der Waals surface area contributed by atoms with Crippen LogP contribution < -0.4 is 9.64 Å². The Bertz CT molecular complexity index is 636. The van der Waals surface area contributed by atoms with E-state index in [9.17, 15) is 0 Å². The Labute approximate surface area is 128 Å². The second-order valence-corrected chi connectivity index (χ2v) is 5.52. The first-order valence-corrected chi connectivity index (χ1v) is 7.42. The monoisotopic (exact) mass is 307 g/mol. The quantitative estimate of drug-likeness (QED) is 0.872. The Morgan fingerprint density at radius 2 is 2.00 bits per heavy atom. The Hall–Kier alpha value is -1.82. The molecular formula is C14H18ClN5O. The predicted molar refractivity (Wildman–Crippen MR) is 81.9 cm³/mol. The largest absolute Gasteiger partial charge is 0.481 e. The molecule has 3 heterocycles. The topological polar surface area (TPSA) is 56.1 Å². The van der Waals surface area contributed by atoms with Crippen molar-refractivity contribution in [2.75, 3.05) is 25.1 Å². The Morgan fingerprint density at radius 1 is 1.24 bits per heavy atom. The average molecular weight is 308 g/mol. The van der Waals surface area contributed by atoms with Gasteiger partial charge in [0, 0.05) is 31.8 Å². The SMILES string of the molecule is COc1cc(-c2nc(N3CCCCC3)n(C)n2)c(Cl)cn1. The van der Waals surface area contributed by atoms with Gasteiger partial charge in [0.2, 0.25) is 11.8 Å². The lowest BCUT2D eigenvalue weighted by Gasteiger charge is -2.26. The van der Waals surface area contributed by atoms with Crippen molar-refractivity contribution >= 4 is 17.5 Å².